The van der Waals surface area contributed by atoms with E-state index in [1.165, 1.54) is 0 Å². The van der Waals surface area contributed by atoms with Crippen LogP contribution in [-0.2, 0) is 4.74 Å². The minimum absolute atomic E-state index is 0.211. The Kier molecular flexibility index (Phi) is 5.87. The summed E-state index contributed by atoms with van der Waals surface area (Å²) in [5, 5.41) is 29.4. The summed E-state index contributed by atoms with van der Waals surface area (Å²) in [6.45, 7) is 5.79. The van der Waals surface area contributed by atoms with Crippen molar-refractivity contribution in [3.05, 3.63) is 0 Å². The molecule has 0 aromatic rings. The number of rotatable bonds is 5. The monoisotopic (exact) mass is 249 g/mol. The minimum Gasteiger partial charge on any atom is -0.446 e. The molecule has 4 N–H and O–H groups in total. The van der Waals surface area contributed by atoms with E-state index in [1.807, 2.05) is 20.8 Å². The summed E-state index contributed by atoms with van der Waals surface area (Å²) in [6, 6.07) is 0. The van der Waals surface area contributed by atoms with Crippen LogP contribution >= 0.6 is 0 Å². The van der Waals surface area contributed by atoms with E-state index in [0.717, 1.165) is 0 Å². The van der Waals surface area contributed by atoms with Crippen LogP contribution in [0.2, 0.25) is 0 Å². The van der Waals surface area contributed by atoms with Crippen molar-refractivity contribution in [1.29, 1.82) is 0 Å². The Hall–Kier alpha value is -0.850. The molecule has 0 heterocycles. The van der Waals surface area contributed by atoms with E-state index in [4.69, 9.17) is 20.1 Å². The van der Waals surface area contributed by atoms with Gasteiger partial charge in [0.15, 0.2) is 0 Å². The summed E-state index contributed by atoms with van der Waals surface area (Å²) in [6.07, 6.45) is -1.11. The second-order valence-corrected chi connectivity index (χ2v) is 5.29. The molecule has 0 fully saturated rings. The van der Waals surface area contributed by atoms with Gasteiger partial charge in [-0.05, 0) is 12.3 Å². The number of hydrogen-bond acceptors (Lipinski definition) is 5. The highest BCUT2D eigenvalue weighted by Gasteiger charge is 2.32. The van der Waals surface area contributed by atoms with Gasteiger partial charge in [-0.3, -0.25) is 0 Å². The van der Waals surface area contributed by atoms with E-state index in [-0.39, 0.29) is 11.5 Å². The Morgan fingerprint density at radius 2 is 1.59 bits per heavy atom. The molecular formula is C11H23NO5. The Morgan fingerprint density at radius 1 is 1.18 bits per heavy atom. The smallest absolute Gasteiger partial charge is 0.408 e. The fourth-order valence-corrected chi connectivity index (χ4v) is 0.852. The summed E-state index contributed by atoms with van der Waals surface area (Å²) in [4.78, 5) is 11.5. The number of alkyl carbamates (subject to hydrolysis) is 1. The largest absolute Gasteiger partial charge is 0.446 e. The van der Waals surface area contributed by atoms with Gasteiger partial charge in [0.25, 0.3) is 0 Å². The first-order valence-electron chi connectivity index (χ1n) is 5.52. The fraction of sp³-hybridized carbons (Fsp3) is 0.909. The van der Waals surface area contributed by atoms with Crippen molar-refractivity contribution in [2.24, 2.45) is 5.41 Å². The molecule has 0 bridgehead atoms. The third-order valence-electron chi connectivity index (χ3n) is 2.78. The zero-order valence-electron chi connectivity index (χ0n) is 10.9. The lowest BCUT2D eigenvalue weighted by molar-refractivity contribution is 0.0107. The van der Waals surface area contributed by atoms with Crippen molar-refractivity contribution < 1.29 is 24.9 Å². The lowest BCUT2D eigenvalue weighted by atomic mass is 9.90. The van der Waals surface area contributed by atoms with Gasteiger partial charge in [0.1, 0.15) is 11.6 Å². The molecule has 0 aliphatic carbocycles. The van der Waals surface area contributed by atoms with Crippen LogP contribution in [0, 0.1) is 5.41 Å². The highest BCUT2D eigenvalue weighted by molar-refractivity contribution is 5.68. The molecule has 0 saturated carbocycles. The maximum absolute atomic E-state index is 11.5. The molecule has 0 unspecified atom stereocenters. The van der Waals surface area contributed by atoms with Gasteiger partial charge in [-0.1, -0.05) is 20.8 Å². The van der Waals surface area contributed by atoms with E-state index < -0.39 is 31.5 Å². The van der Waals surface area contributed by atoms with E-state index in [9.17, 15) is 4.79 Å². The second-order valence-electron chi connectivity index (χ2n) is 5.29. The molecule has 0 aromatic carbocycles. The summed E-state index contributed by atoms with van der Waals surface area (Å²) in [5.41, 5.74) is -1.66. The number of carbonyl (C=O) groups excluding carboxylic acids is 1. The molecule has 1 atom stereocenters. The Labute approximate surface area is 102 Å². The predicted molar refractivity (Wildman–Crippen MR) is 62.5 cm³/mol. The molecule has 0 aliphatic heterocycles. The van der Waals surface area contributed by atoms with Crippen molar-refractivity contribution in [2.45, 2.75) is 39.3 Å². The lowest BCUT2D eigenvalue weighted by Gasteiger charge is -2.31. The summed E-state index contributed by atoms with van der Waals surface area (Å²) < 4.78 is 5.09. The normalized spacial score (nSPS) is 14.3. The van der Waals surface area contributed by atoms with Crippen molar-refractivity contribution in [2.75, 3.05) is 19.8 Å². The van der Waals surface area contributed by atoms with Gasteiger partial charge < -0.3 is 25.4 Å². The Bertz CT molecular complexity index is 236. The number of amides is 1. The van der Waals surface area contributed by atoms with Crippen molar-refractivity contribution in [1.82, 2.24) is 5.32 Å². The zero-order valence-corrected chi connectivity index (χ0v) is 10.9. The highest BCUT2D eigenvalue weighted by Crippen LogP contribution is 2.21. The van der Waals surface area contributed by atoms with Gasteiger partial charge in [-0.15, -0.1) is 0 Å². The van der Waals surface area contributed by atoms with Gasteiger partial charge in [0, 0.05) is 0 Å². The maximum atomic E-state index is 11.5. The van der Waals surface area contributed by atoms with E-state index >= 15 is 0 Å². The average molecular weight is 249 g/mol. The quantitative estimate of drug-likeness (QED) is 0.543. The topological polar surface area (TPSA) is 99.0 Å². The lowest BCUT2D eigenvalue weighted by Crippen LogP contribution is -2.57. The molecule has 6 heteroatoms. The van der Waals surface area contributed by atoms with Crippen molar-refractivity contribution in [3.8, 4) is 0 Å². The summed E-state index contributed by atoms with van der Waals surface area (Å²) in [5.74, 6) is 0. The summed E-state index contributed by atoms with van der Waals surface area (Å²) in [7, 11) is 0. The van der Waals surface area contributed by atoms with Gasteiger partial charge in [0.2, 0.25) is 0 Å². The molecule has 0 aliphatic rings. The molecule has 102 valence electrons. The maximum Gasteiger partial charge on any atom is 0.408 e. The second kappa shape index (κ2) is 6.18. The van der Waals surface area contributed by atoms with Crippen LogP contribution in [0.5, 0.6) is 0 Å². The minimum atomic E-state index is -1.45. The van der Waals surface area contributed by atoms with Crippen LogP contribution in [0.1, 0.15) is 27.7 Å². The first-order valence-corrected chi connectivity index (χ1v) is 5.52. The molecular weight excluding hydrogens is 226 g/mol. The number of carbonyl (C=O) groups is 1. The Morgan fingerprint density at radius 3 is 1.88 bits per heavy atom. The first-order chi connectivity index (χ1) is 7.70. The van der Waals surface area contributed by atoms with E-state index in [2.05, 4.69) is 5.32 Å². The third-order valence-corrected chi connectivity index (χ3v) is 2.78. The molecule has 6 nitrogen and oxygen atoms in total. The van der Waals surface area contributed by atoms with Gasteiger partial charge in [0.05, 0.1) is 19.8 Å². The number of ether oxygens (including phenoxy) is 1. The SMILES string of the molecule is C[C@@H](OC(=O)NC(CO)(CO)CO)C(C)(C)C. The molecule has 0 aromatic heterocycles. The zero-order chi connectivity index (χ0) is 13.7. The van der Waals surface area contributed by atoms with Crippen LogP contribution in [0.15, 0.2) is 0 Å². The first kappa shape index (κ1) is 16.1. The van der Waals surface area contributed by atoms with Crippen molar-refractivity contribution >= 4 is 6.09 Å². The molecule has 17 heavy (non-hydrogen) atoms. The third kappa shape index (κ3) is 4.89. The average Bonchev–Trinajstić information content (AvgIpc) is 2.24. The number of aliphatic hydroxyl groups excluding tert-OH is 3. The predicted octanol–water partition coefficient (Wildman–Crippen LogP) is -0.137. The van der Waals surface area contributed by atoms with Gasteiger partial charge in [-0.25, -0.2) is 4.79 Å². The molecule has 0 spiro atoms. The number of hydrogen-bond donors (Lipinski definition) is 4. The molecule has 0 saturated heterocycles. The van der Waals surface area contributed by atoms with Gasteiger partial charge in [-0.2, -0.15) is 0 Å². The Balaban J connectivity index is 4.45. The van der Waals surface area contributed by atoms with Crippen LogP contribution in [0.25, 0.3) is 0 Å². The fourth-order valence-electron chi connectivity index (χ4n) is 0.852. The summed E-state index contributed by atoms with van der Waals surface area (Å²) >= 11 is 0. The molecule has 0 rings (SSSR count). The van der Waals surface area contributed by atoms with E-state index in [1.54, 1.807) is 6.92 Å². The number of nitrogens with one attached hydrogen (secondary N) is 1. The van der Waals surface area contributed by atoms with Crippen LogP contribution in [-0.4, -0.2) is 52.9 Å². The standard InChI is InChI=1S/C11H23NO5/c1-8(10(2,3)4)17-9(16)12-11(5-13,6-14)7-15/h8,13-15H,5-7H2,1-4H3,(H,12,16)/t8-/m1/s1. The van der Waals surface area contributed by atoms with Crippen LogP contribution < -0.4 is 5.32 Å². The van der Waals surface area contributed by atoms with Gasteiger partial charge >= 0.3 is 6.09 Å². The number of aliphatic hydroxyl groups is 3. The van der Waals surface area contributed by atoms with Crippen LogP contribution in [0.4, 0.5) is 4.79 Å². The van der Waals surface area contributed by atoms with Crippen LogP contribution in [0.3, 0.4) is 0 Å². The molecule has 0 radical (unpaired) electrons. The van der Waals surface area contributed by atoms with Crippen molar-refractivity contribution in [3.63, 3.8) is 0 Å². The highest BCUT2D eigenvalue weighted by atomic mass is 16.6. The molecule has 1 amide bonds. The van der Waals surface area contributed by atoms with E-state index in [0.29, 0.717) is 0 Å².